The van der Waals surface area contributed by atoms with E-state index in [1.165, 1.54) is 5.56 Å². The third kappa shape index (κ3) is 3.48. The summed E-state index contributed by atoms with van der Waals surface area (Å²) in [4.78, 5) is 23.4. The molecule has 134 valence electrons. The topological polar surface area (TPSA) is 70.2 Å². The summed E-state index contributed by atoms with van der Waals surface area (Å²) in [7, 11) is 0. The average Bonchev–Trinajstić information content (AvgIpc) is 3.04. The lowest BCUT2D eigenvalue weighted by Gasteiger charge is -2.33. The maximum atomic E-state index is 12.2. The highest BCUT2D eigenvalue weighted by Crippen LogP contribution is 2.32. The molecule has 0 unspecified atom stereocenters. The molecule has 1 aliphatic rings. The Morgan fingerprint density at radius 1 is 1.19 bits per heavy atom. The van der Waals surface area contributed by atoms with Crippen LogP contribution in [0.2, 0.25) is 0 Å². The number of nitrogens with one attached hydrogen (secondary N) is 2. The van der Waals surface area contributed by atoms with Gasteiger partial charge in [-0.25, -0.2) is 14.8 Å². The third-order valence-electron chi connectivity index (χ3n) is 4.67. The maximum Gasteiger partial charge on any atom is 0.319 e. The van der Waals surface area contributed by atoms with Crippen molar-refractivity contribution in [1.82, 2.24) is 15.3 Å². The van der Waals surface area contributed by atoms with Crippen LogP contribution >= 0.6 is 11.3 Å². The van der Waals surface area contributed by atoms with Crippen molar-refractivity contribution < 1.29 is 4.79 Å². The predicted octanol–water partition coefficient (Wildman–Crippen LogP) is 3.79. The third-order valence-corrected chi connectivity index (χ3v) is 5.76. The quantitative estimate of drug-likeness (QED) is 0.739. The first-order chi connectivity index (χ1) is 12.7. The number of piperidine rings is 1. The summed E-state index contributed by atoms with van der Waals surface area (Å²) in [6.45, 7) is 3.83. The smallest absolute Gasteiger partial charge is 0.319 e. The number of anilines is 2. The Hall–Kier alpha value is -2.67. The molecule has 2 aromatic heterocycles. The van der Waals surface area contributed by atoms with Gasteiger partial charge in [0.25, 0.3) is 0 Å². The van der Waals surface area contributed by atoms with E-state index in [1.807, 2.05) is 30.3 Å². The molecule has 2 N–H and O–H groups in total. The van der Waals surface area contributed by atoms with E-state index in [-0.39, 0.29) is 12.1 Å². The minimum atomic E-state index is -0.145. The molecule has 1 fully saturated rings. The standard InChI is InChI=1S/C19H21N5OS/c1-13-11-26-17-16(13)20-12-21-18(17)24-9-7-15(8-10-24)23-19(25)22-14-5-3-2-4-6-14/h2-6,11-12,15H,7-10H2,1H3,(H2,22,23,25). The molecule has 1 aliphatic heterocycles. The monoisotopic (exact) mass is 367 g/mol. The van der Waals surface area contributed by atoms with Gasteiger partial charge in [-0.3, -0.25) is 0 Å². The summed E-state index contributed by atoms with van der Waals surface area (Å²) in [6, 6.07) is 9.53. The van der Waals surface area contributed by atoms with E-state index in [2.05, 4.69) is 37.8 Å². The number of fused-ring (bicyclic) bond motifs is 1. The number of aromatic nitrogens is 2. The molecule has 6 nitrogen and oxygen atoms in total. The number of rotatable bonds is 3. The Balaban J connectivity index is 1.36. The van der Waals surface area contributed by atoms with Crippen molar-refractivity contribution in [2.45, 2.75) is 25.8 Å². The van der Waals surface area contributed by atoms with Crippen LogP contribution in [0, 0.1) is 6.92 Å². The lowest BCUT2D eigenvalue weighted by molar-refractivity contribution is 0.246. The second kappa shape index (κ2) is 7.29. The minimum absolute atomic E-state index is 0.145. The summed E-state index contributed by atoms with van der Waals surface area (Å²) >= 11 is 1.70. The van der Waals surface area contributed by atoms with E-state index >= 15 is 0 Å². The molecule has 0 atom stereocenters. The predicted molar refractivity (Wildman–Crippen MR) is 106 cm³/mol. The number of carbonyl (C=O) groups is 1. The lowest BCUT2D eigenvalue weighted by atomic mass is 10.1. The largest absolute Gasteiger partial charge is 0.355 e. The Morgan fingerprint density at radius 2 is 1.96 bits per heavy atom. The van der Waals surface area contributed by atoms with Crippen molar-refractivity contribution in [1.29, 1.82) is 0 Å². The van der Waals surface area contributed by atoms with Gasteiger partial charge in [0.05, 0.1) is 10.2 Å². The number of aryl methyl sites for hydroxylation is 1. The SMILES string of the molecule is Cc1csc2c(N3CCC(NC(=O)Nc4ccccc4)CC3)ncnc12. The number of hydrogen-bond acceptors (Lipinski definition) is 5. The molecule has 26 heavy (non-hydrogen) atoms. The van der Waals surface area contributed by atoms with Crippen LogP contribution in [0.25, 0.3) is 10.2 Å². The number of amides is 2. The number of para-hydroxylation sites is 1. The van der Waals surface area contributed by atoms with E-state index in [0.717, 1.165) is 47.7 Å². The van der Waals surface area contributed by atoms with Crippen molar-refractivity contribution in [3.05, 3.63) is 47.6 Å². The van der Waals surface area contributed by atoms with Gasteiger partial charge in [-0.15, -0.1) is 11.3 Å². The van der Waals surface area contributed by atoms with Crippen molar-refractivity contribution in [3.63, 3.8) is 0 Å². The number of benzene rings is 1. The zero-order valence-electron chi connectivity index (χ0n) is 14.6. The van der Waals surface area contributed by atoms with Crippen LogP contribution in [0.5, 0.6) is 0 Å². The number of thiophene rings is 1. The van der Waals surface area contributed by atoms with Gasteiger partial charge in [0.1, 0.15) is 12.1 Å². The highest BCUT2D eigenvalue weighted by Gasteiger charge is 2.23. The number of hydrogen-bond donors (Lipinski definition) is 2. The van der Waals surface area contributed by atoms with Crippen LogP contribution < -0.4 is 15.5 Å². The van der Waals surface area contributed by atoms with Crippen molar-refractivity contribution in [2.24, 2.45) is 0 Å². The van der Waals surface area contributed by atoms with Gasteiger partial charge in [-0.1, -0.05) is 18.2 Å². The molecule has 1 saturated heterocycles. The lowest BCUT2D eigenvalue weighted by Crippen LogP contribution is -2.46. The molecule has 0 radical (unpaired) electrons. The van der Waals surface area contributed by atoms with Crippen LogP contribution in [-0.4, -0.2) is 35.1 Å². The molecule has 7 heteroatoms. The first-order valence-electron chi connectivity index (χ1n) is 8.77. The first-order valence-corrected chi connectivity index (χ1v) is 9.65. The zero-order chi connectivity index (χ0) is 17.9. The Morgan fingerprint density at radius 3 is 2.73 bits per heavy atom. The van der Waals surface area contributed by atoms with Crippen LogP contribution in [0.3, 0.4) is 0 Å². The molecule has 2 amide bonds. The van der Waals surface area contributed by atoms with Crippen LogP contribution in [-0.2, 0) is 0 Å². The summed E-state index contributed by atoms with van der Waals surface area (Å²) < 4.78 is 1.15. The number of carbonyl (C=O) groups excluding carboxylic acids is 1. The van der Waals surface area contributed by atoms with Gasteiger partial charge in [0.15, 0.2) is 0 Å². The van der Waals surface area contributed by atoms with Gasteiger partial charge < -0.3 is 15.5 Å². The molecule has 0 spiro atoms. The Bertz CT molecular complexity index is 903. The first kappa shape index (κ1) is 16.8. The summed E-state index contributed by atoms with van der Waals surface area (Å²) in [5.41, 5.74) is 3.05. The van der Waals surface area contributed by atoms with Crippen LogP contribution in [0.15, 0.2) is 42.0 Å². The van der Waals surface area contributed by atoms with Gasteiger partial charge in [-0.05, 0) is 42.8 Å². The van der Waals surface area contributed by atoms with E-state index in [4.69, 9.17) is 0 Å². The average molecular weight is 367 g/mol. The fourth-order valence-corrected chi connectivity index (χ4v) is 4.31. The normalized spacial score (nSPS) is 15.2. The maximum absolute atomic E-state index is 12.2. The molecular weight excluding hydrogens is 346 g/mol. The van der Waals surface area contributed by atoms with Crippen molar-refractivity contribution >= 4 is 39.1 Å². The van der Waals surface area contributed by atoms with Gasteiger partial charge in [-0.2, -0.15) is 0 Å². The van der Waals surface area contributed by atoms with Crippen LogP contribution in [0.4, 0.5) is 16.3 Å². The highest BCUT2D eigenvalue weighted by molar-refractivity contribution is 7.18. The molecule has 0 saturated carbocycles. The summed E-state index contributed by atoms with van der Waals surface area (Å²) in [5, 5.41) is 8.08. The Kier molecular flexibility index (Phi) is 4.71. The van der Waals surface area contributed by atoms with E-state index < -0.39 is 0 Å². The van der Waals surface area contributed by atoms with E-state index in [1.54, 1.807) is 17.7 Å². The Labute approximate surface area is 156 Å². The highest BCUT2D eigenvalue weighted by atomic mass is 32.1. The van der Waals surface area contributed by atoms with E-state index in [9.17, 15) is 4.79 Å². The number of urea groups is 1. The van der Waals surface area contributed by atoms with Crippen molar-refractivity contribution in [2.75, 3.05) is 23.3 Å². The van der Waals surface area contributed by atoms with Crippen molar-refractivity contribution in [3.8, 4) is 0 Å². The molecule has 0 bridgehead atoms. The van der Waals surface area contributed by atoms with Gasteiger partial charge >= 0.3 is 6.03 Å². The second-order valence-corrected chi connectivity index (χ2v) is 7.40. The molecular formula is C19H21N5OS. The van der Waals surface area contributed by atoms with E-state index in [0.29, 0.717) is 0 Å². The summed E-state index contributed by atoms with van der Waals surface area (Å²) in [5.74, 6) is 1.01. The number of nitrogens with zero attached hydrogens (tertiary/aromatic N) is 3. The molecule has 3 aromatic rings. The second-order valence-electron chi connectivity index (χ2n) is 6.52. The molecule has 0 aliphatic carbocycles. The fourth-order valence-electron chi connectivity index (χ4n) is 3.29. The fraction of sp³-hybridized carbons (Fsp3) is 0.316. The zero-order valence-corrected chi connectivity index (χ0v) is 15.4. The molecule has 1 aromatic carbocycles. The van der Waals surface area contributed by atoms with Crippen LogP contribution in [0.1, 0.15) is 18.4 Å². The van der Waals surface area contributed by atoms with Gasteiger partial charge in [0, 0.05) is 24.8 Å². The van der Waals surface area contributed by atoms with Gasteiger partial charge in [0.2, 0.25) is 0 Å². The molecule has 4 rings (SSSR count). The summed E-state index contributed by atoms with van der Waals surface area (Å²) in [6.07, 6.45) is 3.45. The molecule has 3 heterocycles. The minimum Gasteiger partial charge on any atom is -0.355 e.